The van der Waals surface area contributed by atoms with E-state index in [0.29, 0.717) is 67.6 Å². The highest BCUT2D eigenvalue weighted by molar-refractivity contribution is 8.14. The molecule has 2 aromatic carbocycles. The van der Waals surface area contributed by atoms with Crippen molar-refractivity contribution in [1.29, 1.82) is 5.41 Å². The molecule has 2 aromatic heterocycles. The van der Waals surface area contributed by atoms with Crippen LogP contribution in [-0.2, 0) is 116 Å². The Balaban J connectivity index is 1.03. The quantitative estimate of drug-likeness (QED) is 0.0143. The maximum Gasteiger partial charge on any atom is 0.326 e. The van der Waals surface area contributed by atoms with Gasteiger partial charge in [0.1, 0.15) is 65.8 Å². The van der Waals surface area contributed by atoms with Crippen LogP contribution in [0.15, 0.2) is 66.9 Å². The van der Waals surface area contributed by atoms with Crippen molar-refractivity contribution in [2.45, 2.75) is 249 Å². The molecule has 1 aliphatic heterocycles. The number of aromatic nitrogens is 6. The van der Waals surface area contributed by atoms with E-state index in [1.54, 1.807) is 66.9 Å². The number of unbranched alkanes of at least 4 members (excludes halogenated alkanes) is 3. The van der Waals surface area contributed by atoms with Crippen molar-refractivity contribution in [2.75, 3.05) is 31.9 Å². The minimum atomic E-state index is -2.62. The molecule has 1 fully saturated rings. The lowest BCUT2D eigenvalue weighted by atomic mass is 9.88. The summed E-state index contributed by atoms with van der Waals surface area (Å²) in [5.74, 6) is -12.6. The molecule has 2 aliphatic rings. The van der Waals surface area contributed by atoms with Gasteiger partial charge in [-0.2, -0.15) is 0 Å². The zero-order chi connectivity index (χ0) is 86.3. The minimum absolute atomic E-state index is 0.00157. The lowest BCUT2D eigenvalue weighted by Gasteiger charge is -2.26. The molecule has 1 aliphatic carbocycles. The highest BCUT2D eigenvalue weighted by atomic mass is 32.2. The van der Waals surface area contributed by atoms with Gasteiger partial charge in [-0.3, -0.25) is 77.2 Å². The number of thioether (sulfide) groups is 1. The number of alkyl halides is 1. The van der Waals surface area contributed by atoms with E-state index in [2.05, 4.69) is 89.7 Å². The maximum atomic E-state index is 17.6. The van der Waals surface area contributed by atoms with Crippen LogP contribution in [0, 0.1) is 11.3 Å². The highest BCUT2D eigenvalue weighted by Crippen LogP contribution is 2.36. The van der Waals surface area contributed by atoms with Crippen molar-refractivity contribution in [1.82, 2.24) is 99.1 Å². The van der Waals surface area contributed by atoms with Crippen LogP contribution in [0.5, 0.6) is 0 Å². The summed E-state index contributed by atoms with van der Waals surface area (Å²) < 4.78 is 20.5. The topological polar surface area (TPSA) is 590 Å². The standard InChI is InChI=1S/C77H113FN22O17S/c1-46(2)38-56(71(112)91-54(26-13-17-33-79)69(110)86-47(3)66(107)94-59(74(115)116)40-50-24-10-6-11-25-50)88-61(102)31-21-36-99-44-51(95-97-99)42-84-67(108)52(87-63(104)45-118-48(4)101)27-14-18-34-82-75(117)77(78)32-16-7-12-30-60-65(77)96-98-100(60)37-19-15-28-55-70(111)90-53(29-20-35-83-76(80)81)68(109)85-43-62(103)89-58(41-64(105)106)73(114)93-57(72(113)92-55)39-49-22-8-5-9-23-49/h5-6,8-11,22-25,44,46-47,52-59H,7,12-21,26-43,45,79H2,1-4H3,(H,82,117)(H,84,108)(H,85,109)(H,86,110)(H,87,104)(H,88,102)(H,89,103)(H,90,111)(H,91,112)(H,92,113)(H,93,114)(H,94,107)(H,105,106)(H,115,116)(H4,80,81,83)/t47-,52-,53-,54-,55-,56-,57+,58-,59-,77?/m0/s1. The van der Waals surface area contributed by atoms with Crippen LogP contribution in [-0.4, -0.2) is 220 Å². The zero-order valence-corrected chi connectivity index (χ0v) is 67.8. The summed E-state index contributed by atoms with van der Waals surface area (Å²) >= 11 is 0.744. The number of guanidine groups is 1. The van der Waals surface area contributed by atoms with Crippen LogP contribution in [0.1, 0.15) is 178 Å². The summed E-state index contributed by atoms with van der Waals surface area (Å²) in [4.78, 5) is 200. The van der Waals surface area contributed by atoms with E-state index in [4.69, 9.17) is 16.9 Å². The summed E-state index contributed by atoms with van der Waals surface area (Å²) in [6.45, 7) is 6.19. The van der Waals surface area contributed by atoms with Crippen molar-refractivity contribution < 1.29 is 86.5 Å². The molecule has 41 heteroatoms. The monoisotopic (exact) mass is 1670 g/mol. The molecule has 1 unspecified atom stereocenters. The average molecular weight is 1670 g/mol. The number of benzene rings is 2. The number of aliphatic carboxylic acids is 2. The molecule has 39 nitrogen and oxygen atoms in total. The second-order valence-corrected chi connectivity index (χ2v) is 30.8. The van der Waals surface area contributed by atoms with Gasteiger partial charge in [0.05, 0.1) is 37.2 Å². The average Bonchev–Trinajstić information content (AvgIpc) is 1.61. The van der Waals surface area contributed by atoms with Crippen molar-refractivity contribution in [3.8, 4) is 0 Å². The molecule has 0 radical (unpaired) electrons. The van der Waals surface area contributed by atoms with Gasteiger partial charge in [0.15, 0.2) is 11.1 Å². The molecular weight excluding hydrogens is 1560 g/mol. The Labute approximate surface area is 686 Å². The van der Waals surface area contributed by atoms with Crippen molar-refractivity contribution in [3.63, 3.8) is 0 Å². The SMILES string of the molecule is CC(=O)SCC(=O)N[C@@H](CCCCNC(=O)C1(F)CCCCCc2c1nnn2CCCC[C@@H]1NC(=O)[C@@H](Cc2ccccc2)NC(=O)[C@H](CC(=O)O)NC(=O)CNC(=O)[C@H](CCCNC(=N)N)NC1=O)C(=O)NCc1cn(CCCC(=O)N[C@@H](CC(C)C)C(=O)N[C@@H](CCCCN)C(=O)N[C@@H](C)C(=O)N[C@@H](Cc2ccccc2)C(=O)O)nn1. The number of aryl methyl sites for hydroxylation is 2. The number of nitrogens with zero attached hydrogens (tertiary/aromatic N) is 6. The molecule has 646 valence electrons. The van der Waals surface area contributed by atoms with Gasteiger partial charge in [-0.15, -0.1) is 10.2 Å². The molecule has 118 heavy (non-hydrogen) atoms. The summed E-state index contributed by atoms with van der Waals surface area (Å²) in [5.41, 5.74) is 10.3. The molecule has 10 atom stereocenters. The first kappa shape index (κ1) is 95.3. The number of rotatable bonds is 45. The third-order valence-corrected chi connectivity index (χ3v) is 20.2. The first-order valence-corrected chi connectivity index (χ1v) is 40.8. The number of nitrogens with two attached hydrogens (primary N) is 2. The largest absolute Gasteiger partial charge is 0.481 e. The number of fused-ring (bicyclic) bond motifs is 1. The van der Waals surface area contributed by atoms with E-state index in [0.717, 1.165) is 11.8 Å². The van der Waals surface area contributed by atoms with Gasteiger partial charge in [-0.05, 0) is 140 Å². The number of carboxylic acid groups (broad SMARTS) is 2. The summed E-state index contributed by atoms with van der Waals surface area (Å²) in [6, 6.07) is 5.60. The van der Waals surface area contributed by atoms with Crippen LogP contribution >= 0.6 is 11.8 Å². The zero-order valence-electron chi connectivity index (χ0n) is 67.0. The van der Waals surface area contributed by atoms with E-state index in [1.807, 2.05) is 13.8 Å². The second-order valence-electron chi connectivity index (χ2n) is 29.6. The summed E-state index contributed by atoms with van der Waals surface area (Å²) in [5, 5.41) is 77.4. The molecule has 0 bridgehead atoms. The predicted octanol–water partition coefficient (Wildman–Crippen LogP) is -1.02. The smallest absolute Gasteiger partial charge is 0.326 e. The Kier molecular flexibility index (Phi) is 40.0. The Hall–Kier alpha value is -11.5. The van der Waals surface area contributed by atoms with Gasteiger partial charge in [0.2, 0.25) is 70.6 Å². The number of nitrogens with one attached hydrogen (secondary N) is 14. The van der Waals surface area contributed by atoms with Gasteiger partial charge >= 0.3 is 11.9 Å². The Bertz CT molecular complexity index is 4080. The molecule has 1 saturated heterocycles. The molecule has 12 amide bonds. The Morgan fingerprint density at radius 2 is 1.25 bits per heavy atom. The van der Waals surface area contributed by atoms with Gasteiger partial charge in [0, 0.05) is 52.4 Å². The lowest BCUT2D eigenvalue weighted by molar-refractivity contribution is -0.142. The van der Waals surface area contributed by atoms with E-state index in [1.165, 1.54) is 23.2 Å². The van der Waals surface area contributed by atoms with Gasteiger partial charge in [-0.25, -0.2) is 13.9 Å². The van der Waals surface area contributed by atoms with E-state index < -0.39 is 156 Å². The highest BCUT2D eigenvalue weighted by Gasteiger charge is 2.46. The first-order chi connectivity index (χ1) is 56.3. The number of carbonyl (C=O) groups excluding carboxylic acids is 13. The predicted molar refractivity (Wildman–Crippen MR) is 428 cm³/mol. The van der Waals surface area contributed by atoms with E-state index in [-0.39, 0.29) is 157 Å². The minimum Gasteiger partial charge on any atom is -0.481 e. The fraction of sp³-hybridized carbons (Fsp3) is 0.584. The number of halogens is 1. The first-order valence-electron chi connectivity index (χ1n) is 39.8. The maximum absolute atomic E-state index is 17.6. The number of carbonyl (C=O) groups is 15. The molecule has 0 saturated carbocycles. The number of carboxylic acids is 2. The summed E-state index contributed by atoms with van der Waals surface area (Å²) in [6.07, 6.45) is 4.59. The van der Waals surface area contributed by atoms with Crippen LogP contribution in [0.4, 0.5) is 4.39 Å². The fourth-order valence-corrected chi connectivity index (χ4v) is 13.6. The molecular formula is C77H113FN22O17S. The molecule has 3 heterocycles. The van der Waals surface area contributed by atoms with E-state index >= 15 is 4.39 Å². The van der Waals surface area contributed by atoms with Crippen molar-refractivity contribution >= 4 is 106 Å². The van der Waals surface area contributed by atoms with Crippen molar-refractivity contribution in [2.24, 2.45) is 17.4 Å². The summed E-state index contributed by atoms with van der Waals surface area (Å²) in [7, 11) is 0. The second kappa shape index (κ2) is 49.5. The molecule has 20 N–H and O–H groups in total. The molecule has 6 rings (SSSR count). The van der Waals surface area contributed by atoms with Gasteiger partial charge in [0.25, 0.3) is 5.91 Å². The number of hydrogen-bond acceptors (Lipinski definition) is 22. The van der Waals surface area contributed by atoms with E-state index in [9.17, 15) is 82.1 Å². The molecule has 0 spiro atoms. The normalized spacial score (nSPS) is 18.6. The fourth-order valence-electron chi connectivity index (χ4n) is 13.2. The van der Waals surface area contributed by atoms with Crippen LogP contribution < -0.4 is 80.6 Å². The van der Waals surface area contributed by atoms with Crippen LogP contribution in [0.3, 0.4) is 0 Å². The number of amides is 12. The third-order valence-electron chi connectivity index (χ3n) is 19.4. The van der Waals surface area contributed by atoms with Gasteiger partial charge < -0.3 is 90.8 Å². The Morgan fingerprint density at radius 3 is 1.92 bits per heavy atom. The third kappa shape index (κ3) is 33.2. The lowest BCUT2D eigenvalue weighted by Crippen LogP contribution is -2.58. The van der Waals surface area contributed by atoms with Crippen molar-refractivity contribution in [3.05, 3.63) is 95.1 Å². The number of hydrogen-bond donors (Lipinski definition) is 18. The van der Waals surface area contributed by atoms with Crippen LogP contribution in [0.25, 0.3) is 0 Å². The van der Waals surface area contributed by atoms with Crippen LogP contribution in [0.2, 0.25) is 0 Å². The van der Waals surface area contributed by atoms with Gasteiger partial charge in [-0.1, -0.05) is 103 Å². The molecule has 4 aromatic rings. The Morgan fingerprint density at radius 1 is 0.636 bits per heavy atom.